The Kier molecular flexibility index (Phi) is 8.90. The van der Waals surface area contributed by atoms with E-state index in [4.69, 9.17) is 0 Å². The van der Waals surface area contributed by atoms with Gasteiger partial charge in [-0.15, -0.1) is 6.58 Å². The smallest absolute Gasteiger partial charge is 0.132 e. The summed E-state index contributed by atoms with van der Waals surface area (Å²) >= 11 is 3.34. The van der Waals surface area contributed by atoms with Crippen molar-refractivity contribution in [2.24, 2.45) is 0 Å². The third-order valence-corrected chi connectivity index (χ3v) is 2.26. The second-order valence-electron chi connectivity index (χ2n) is 2.87. The van der Waals surface area contributed by atoms with Gasteiger partial charge in [0.05, 0.1) is 0 Å². The molecule has 0 atom stereocenters. The van der Waals surface area contributed by atoms with Crippen molar-refractivity contribution in [1.29, 1.82) is 0 Å². The summed E-state index contributed by atoms with van der Waals surface area (Å²) < 4.78 is 0. The molecule has 0 bridgehead atoms. The lowest BCUT2D eigenvalue weighted by molar-refractivity contribution is -0.119. The average molecular weight is 233 g/mol. The van der Waals surface area contributed by atoms with Crippen LogP contribution >= 0.6 is 15.9 Å². The van der Waals surface area contributed by atoms with Crippen LogP contribution in [0.5, 0.6) is 0 Å². The summed E-state index contributed by atoms with van der Waals surface area (Å²) in [4.78, 5) is 11.1. The summed E-state index contributed by atoms with van der Waals surface area (Å²) in [5, 5.41) is 1.01. The Morgan fingerprint density at radius 3 is 2.50 bits per heavy atom. The highest BCUT2D eigenvalue weighted by Gasteiger charge is 1.99. The molecule has 0 aromatic carbocycles. The number of Topliss-reactive ketones (excluding diaryl/α,β-unsaturated/α-hetero) is 1. The highest BCUT2D eigenvalue weighted by molar-refractivity contribution is 9.09. The van der Waals surface area contributed by atoms with E-state index in [1.54, 1.807) is 0 Å². The van der Waals surface area contributed by atoms with Gasteiger partial charge in [-0.1, -0.05) is 22.0 Å². The molecule has 0 fully saturated rings. The number of allylic oxidation sites excluding steroid dienone is 1. The summed E-state index contributed by atoms with van der Waals surface area (Å²) in [5.41, 5.74) is 0. The van der Waals surface area contributed by atoms with Crippen LogP contribution in [-0.2, 0) is 4.79 Å². The molecule has 0 aromatic rings. The molecule has 0 aromatic heterocycles. The second kappa shape index (κ2) is 8.98. The van der Waals surface area contributed by atoms with Crippen LogP contribution in [0.25, 0.3) is 0 Å². The van der Waals surface area contributed by atoms with E-state index in [0.29, 0.717) is 5.78 Å². The molecule has 0 saturated carbocycles. The number of hydrogen-bond donors (Lipinski definition) is 0. The van der Waals surface area contributed by atoms with Gasteiger partial charge in [-0.05, 0) is 25.7 Å². The summed E-state index contributed by atoms with van der Waals surface area (Å²) in [6, 6.07) is 0. The van der Waals surface area contributed by atoms with Gasteiger partial charge >= 0.3 is 0 Å². The normalized spacial score (nSPS) is 9.75. The van der Waals surface area contributed by atoms with E-state index in [2.05, 4.69) is 22.5 Å². The van der Waals surface area contributed by atoms with Gasteiger partial charge in [0, 0.05) is 18.2 Å². The highest BCUT2D eigenvalue weighted by atomic mass is 79.9. The zero-order valence-corrected chi connectivity index (χ0v) is 9.11. The van der Waals surface area contributed by atoms with E-state index < -0.39 is 0 Å². The number of carbonyl (C=O) groups is 1. The van der Waals surface area contributed by atoms with Gasteiger partial charge in [0.1, 0.15) is 5.78 Å². The molecule has 0 aliphatic carbocycles. The molecular formula is C10H17BrO. The number of halogens is 1. The van der Waals surface area contributed by atoms with Gasteiger partial charge in [0.25, 0.3) is 0 Å². The first-order chi connectivity index (χ1) is 5.81. The molecule has 0 aliphatic rings. The third kappa shape index (κ3) is 7.99. The maximum absolute atomic E-state index is 11.1. The number of carbonyl (C=O) groups excluding carboxylic acids is 1. The lowest BCUT2D eigenvalue weighted by Gasteiger charge is -1.97. The van der Waals surface area contributed by atoms with E-state index in [0.717, 1.165) is 43.9 Å². The van der Waals surface area contributed by atoms with E-state index in [-0.39, 0.29) is 0 Å². The predicted molar refractivity (Wildman–Crippen MR) is 56.7 cm³/mol. The topological polar surface area (TPSA) is 17.1 Å². The quantitative estimate of drug-likeness (QED) is 0.356. The fourth-order valence-corrected chi connectivity index (χ4v) is 1.38. The lowest BCUT2D eigenvalue weighted by atomic mass is 10.1. The summed E-state index contributed by atoms with van der Waals surface area (Å²) in [6.45, 7) is 3.62. The van der Waals surface area contributed by atoms with Crippen LogP contribution in [0.3, 0.4) is 0 Å². The first-order valence-electron chi connectivity index (χ1n) is 4.49. The Balaban J connectivity index is 3.15. The fourth-order valence-electron chi connectivity index (χ4n) is 0.985. The van der Waals surface area contributed by atoms with Gasteiger partial charge in [-0.2, -0.15) is 0 Å². The predicted octanol–water partition coefficient (Wildman–Crippen LogP) is 3.48. The fraction of sp³-hybridized carbons (Fsp3) is 0.700. The second-order valence-corrected chi connectivity index (χ2v) is 3.66. The highest BCUT2D eigenvalue weighted by Crippen LogP contribution is 2.04. The van der Waals surface area contributed by atoms with Crippen LogP contribution in [-0.4, -0.2) is 11.1 Å². The first kappa shape index (κ1) is 11.9. The SMILES string of the molecule is C=CCCCC(=O)CCCCBr. The summed E-state index contributed by atoms with van der Waals surface area (Å²) in [5.74, 6) is 0.401. The van der Waals surface area contributed by atoms with Gasteiger partial charge in [0.15, 0.2) is 0 Å². The van der Waals surface area contributed by atoms with Crippen molar-refractivity contribution < 1.29 is 4.79 Å². The minimum Gasteiger partial charge on any atom is -0.300 e. The molecule has 1 nitrogen and oxygen atoms in total. The molecule has 0 saturated heterocycles. The van der Waals surface area contributed by atoms with Crippen LogP contribution in [0.15, 0.2) is 12.7 Å². The van der Waals surface area contributed by atoms with Crippen molar-refractivity contribution >= 4 is 21.7 Å². The number of hydrogen-bond acceptors (Lipinski definition) is 1. The van der Waals surface area contributed by atoms with E-state index in [1.165, 1.54) is 0 Å². The number of ketones is 1. The maximum Gasteiger partial charge on any atom is 0.132 e. The molecule has 70 valence electrons. The van der Waals surface area contributed by atoms with Crippen LogP contribution in [0.4, 0.5) is 0 Å². The van der Waals surface area contributed by atoms with E-state index >= 15 is 0 Å². The van der Waals surface area contributed by atoms with Crippen molar-refractivity contribution in [3.8, 4) is 0 Å². The molecule has 0 heterocycles. The van der Waals surface area contributed by atoms with Gasteiger partial charge in [0.2, 0.25) is 0 Å². The Bertz CT molecular complexity index is 132. The zero-order chi connectivity index (χ0) is 9.23. The van der Waals surface area contributed by atoms with Crippen LogP contribution in [0, 0.1) is 0 Å². The largest absolute Gasteiger partial charge is 0.300 e. The number of rotatable bonds is 8. The molecule has 0 N–H and O–H groups in total. The number of alkyl halides is 1. The standard InChI is InChI=1S/C10H17BrO/c1-2-3-4-7-10(12)8-5-6-9-11/h2H,1,3-9H2. The maximum atomic E-state index is 11.1. The van der Waals surface area contributed by atoms with Crippen molar-refractivity contribution in [2.45, 2.75) is 38.5 Å². The molecule has 0 unspecified atom stereocenters. The first-order valence-corrected chi connectivity index (χ1v) is 5.62. The summed E-state index contributed by atoms with van der Waals surface area (Å²) in [7, 11) is 0. The van der Waals surface area contributed by atoms with Gasteiger partial charge in [-0.3, -0.25) is 4.79 Å². The van der Waals surface area contributed by atoms with Gasteiger partial charge < -0.3 is 0 Å². The molecule has 0 spiro atoms. The van der Waals surface area contributed by atoms with Crippen LogP contribution in [0.1, 0.15) is 38.5 Å². The molecule has 0 aliphatic heterocycles. The molecular weight excluding hydrogens is 216 g/mol. The Morgan fingerprint density at radius 2 is 1.92 bits per heavy atom. The minimum absolute atomic E-state index is 0.401. The molecule has 0 radical (unpaired) electrons. The monoisotopic (exact) mass is 232 g/mol. The lowest BCUT2D eigenvalue weighted by Crippen LogP contribution is -1.97. The molecule has 12 heavy (non-hydrogen) atoms. The van der Waals surface area contributed by atoms with Crippen molar-refractivity contribution in [1.82, 2.24) is 0 Å². The van der Waals surface area contributed by atoms with Crippen LogP contribution < -0.4 is 0 Å². The van der Waals surface area contributed by atoms with Crippen molar-refractivity contribution in [3.63, 3.8) is 0 Å². The number of unbranched alkanes of at least 4 members (excludes halogenated alkanes) is 2. The Hall–Kier alpha value is -0.110. The molecule has 0 amide bonds. The third-order valence-electron chi connectivity index (χ3n) is 1.70. The summed E-state index contributed by atoms with van der Waals surface area (Å²) in [6.07, 6.45) is 7.41. The van der Waals surface area contributed by atoms with Crippen molar-refractivity contribution in [3.05, 3.63) is 12.7 Å². The Morgan fingerprint density at radius 1 is 1.25 bits per heavy atom. The van der Waals surface area contributed by atoms with E-state index in [9.17, 15) is 4.79 Å². The molecule has 2 heteroatoms. The molecule has 0 rings (SSSR count). The zero-order valence-electron chi connectivity index (χ0n) is 7.52. The average Bonchev–Trinajstić information content (AvgIpc) is 2.06. The minimum atomic E-state index is 0.401. The van der Waals surface area contributed by atoms with Crippen LogP contribution in [0.2, 0.25) is 0 Å². The van der Waals surface area contributed by atoms with Gasteiger partial charge in [-0.25, -0.2) is 0 Å². The van der Waals surface area contributed by atoms with E-state index in [1.807, 2.05) is 6.08 Å². The van der Waals surface area contributed by atoms with Crippen molar-refractivity contribution in [2.75, 3.05) is 5.33 Å². The Labute approximate surface area is 83.4 Å².